The summed E-state index contributed by atoms with van der Waals surface area (Å²) >= 11 is 6.88. The van der Waals surface area contributed by atoms with E-state index >= 15 is 0 Å². The van der Waals surface area contributed by atoms with E-state index in [1.807, 2.05) is 44.2 Å². The van der Waals surface area contributed by atoms with Crippen LogP contribution in [-0.4, -0.2) is 48.8 Å². The average Bonchev–Trinajstić information content (AvgIpc) is 2.88. The van der Waals surface area contributed by atoms with Gasteiger partial charge in [0.2, 0.25) is 0 Å². The summed E-state index contributed by atoms with van der Waals surface area (Å²) in [4.78, 5) is 12.6. The maximum atomic E-state index is 12.6. The topological polar surface area (TPSA) is 68.2 Å². The number of benzene rings is 1. The van der Waals surface area contributed by atoms with Crippen LogP contribution in [0.5, 0.6) is 0 Å². The van der Waals surface area contributed by atoms with Crippen LogP contribution in [0.4, 0.5) is 4.79 Å². The van der Waals surface area contributed by atoms with Gasteiger partial charge in [0.1, 0.15) is 0 Å². The van der Waals surface area contributed by atoms with E-state index in [-0.39, 0.29) is 6.04 Å². The zero-order chi connectivity index (χ0) is 19.4. The molecule has 1 aromatic rings. The molecule has 1 saturated carbocycles. The molecule has 146 valence electrons. The Morgan fingerprint density at radius 2 is 2.00 bits per heavy atom. The first-order valence-electron chi connectivity index (χ1n) is 9.28. The largest absolute Gasteiger partial charge is 0.343 e. The minimum absolute atomic E-state index is 0.117. The number of carbonyl (C=O) groups excluding carboxylic acids is 1. The number of hydrogen-bond donors (Lipinski definition) is 2. The molecule has 1 aliphatic carbocycles. The molecule has 2 aliphatic rings. The van der Waals surface area contributed by atoms with Crippen molar-refractivity contribution < 1.29 is 10.0 Å². The molecule has 0 unspecified atom stereocenters. The summed E-state index contributed by atoms with van der Waals surface area (Å²) in [6.45, 7) is 3.90. The molecule has 1 aliphatic heterocycles. The van der Waals surface area contributed by atoms with Crippen molar-refractivity contribution >= 4 is 40.5 Å². The normalized spacial score (nSPS) is 23.0. The third kappa shape index (κ3) is 4.80. The first kappa shape index (κ1) is 20.1. The van der Waals surface area contributed by atoms with Gasteiger partial charge in [-0.05, 0) is 32.3 Å². The first-order valence-corrected chi connectivity index (χ1v) is 10.5. The molecule has 0 bridgehead atoms. The fraction of sp³-hybridized carbons (Fsp3) is 0.526. The van der Waals surface area contributed by atoms with Crippen LogP contribution in [0.3, 0.4) is 0 Å². The molecule has 0 spiro atoms. The number of hydrazone groups is 1. The van der Waals surface area contributed by atoms with Crippen LogP contribution in [0.25, 0.3) is 0 Å². The number of nitrogens with one attached hydrogen (secondary N) is 1. The summed E-state index contributed by atoms with van der Waals surface area (Å²) in [7, 11) is 0. The second-order valence-electron chi connectivity index (χ2n) is 7.47. The van der Waals surface area contributed by atoms with Crippen LogP contribution in [0, 0.1) is 0 Å². The Morgan fingerprint density at radius 3 is 2.67 bits per heavy atom. The van der Waals surface area contributed by atoms with E-state index in [0.717, 1.165) is 36.3 Å². The molecule has 2 amide bonds. The predicted molar refractivity (Wildman–Crippen MR) is 113 cm³/mol. The number of carbonyl (C=O) groups is 1. The Morgan fingerprint density at radius 1 is 1.33 bits per heavy atom. The van der Waals surface area contributed by atoms with Gasteiger partial charge in [-0.2, -0.15) is 10.2 Å². The second kappa shape index (κ2) is 8.58. The summed E-state index contributed by atoms with van der Waals surface area (Å²) in [6.07, 6.45) is 6.34. The van der Waals surface area contributed by atoms with Crippen LogP contribution in [0.2, 0.25) is 0 Å². The van der Waals surface area contributed by atoms with E-state index in [0.29, 0.717) is 4.32 Å². The maximum absolute atomic E-state index is 12.6. The highest BCUT2D eigenvalue weighted by molar-refractivity contribution is 8.24. The third-order valence-corrected chi connectivity index (χ3v) is 6.43. The van der Waals surface area contributed by atoms with Crippen molar-refractivity contribution in [3.63, 3.8) is 0 Å². The van der Waals surface area contributed by atoms with Crippen molar-refractivity contribution in [3.05, 3.63) is 35.9 Å². The van der Waals surface area contributed by atoms with Gasteiger partial charge in [0.25, 0.3) is 0 Å². The average molecular weight is 407 g/mol. The maximum Gasteiger partial charge on any atom is 0.343 e. The zero-order valence-corrected chi connectivity index (χ0v) is 17.3. The van der Waals surface area contributed by atoms with Crippen LogP contribution in [-0.2, 0) is 0 Å². The van der Waals surface area contributed by atoms with Crippen molar-refractivity contribution in [2.24, 2.45) is 5.10 Å². The molecule has 1 saturated heterocycles. The van der Waals surface area contributed by atoms with Gasteiger partial charge in [-0.25, -0.2) is 9.80 Å². The number of hydrogen-bond acceptors (Lipinski definition) is 5. The van der Waals surface area contributed by atoms with Gasteiger partial charge in [-0.15, -0.1) is 0 Å². The molecule has 1 atom stereocenters. The van der Waals surface area contributed by atoms with Crippen molar-refractivity contribution in [2.75, 3.05) is 0 Å². The molecule has 0 radical (unpaired) electrons. The first-order chi connectivity index (χ1) is 12.9. The molecule has 6 nitrogen and oxygen atoms in total. The Labute approximate surface area is 169 Å². The second-order valence-corrected chi connectivity index (χ2v) is 9.76. The highest BCUT2D eigenvalue weighted by Gasteiger charge is 2.50. The monoisotopic (exact) mass is 406 g/mol. The summed E-state index contributed by atoms with van der Waals surface area (Å²) in [5.41, 5.74) is 0.921. The van der Waals surface area contributed by atoms with Crippen molar-refractivity contribution in [3.8, 4) is 0 Å². The van der Waals surface area contributed by atoms with Gasteiger partial charge in [0, 0.05) is 6.04 Å². The molecule has 2 N–H and O–H groups in total. The van der Waals surface area contributed by atoms with Gasteiger partial charge in [0.15, 0.2) is 10.5 Å². The minimum atomic E-state index is -0.682. The molecule has 8 heteroatoms. The number of rotatable bonds is 4. The standard InChI is InChI=1S/C19H26N4O2S2/c1-19(2)16(23(25)17(24)21-15-11-7-4-8-12-15)22(18(26)27-19)20-13-14-9-5-3-6-10-14/h3,5-6,9-10,13,15-16,25H,4,7-8,11-12H2,1-2H3,(H,21,24)/b20-13-/t16-/m1/s1. The molecular formula is C19H26N4O2S2. The van der Waals surface area contributed by atoms with E-state index in [4.69, 9.17) is 12.2 Å². The lowest BCUT2D eigenvalue weighted by atomic mass is 9.96. The van der Waals surface area contributed by atoms with Crippen molar-refractivity contribution in [1.29, 1.82) is 0 Å². The zero-order valence-electron chi connectivity index (χ0n) is 15.7. The minimum Gasteiger partial charge on any atom is -0.333 e. The lowest BCUT2D eigenvalue weighted by molar-refractivity contribution is -0.119. The molecule has 3 rings (SSSR count). The summed E-state index contributed by atoms with van der Waals surface area (Å²) < 4.78 is 0.0331. The van der Waals surface area contributed by atoms with Crippen molar-refractivity contribution in [2.45, 2.75) is 62.9 Å². The van der Waals surface area contributed by atoms with Gasteiger partial charge < -0.3 is 5.32 Å². The fourth-order valence-electron chi connectivity index (χ4n) is 3.49. The predicted octanol–water partition coefficient (Wildman–Crippen LogP) is 4.19. The highest BCUT2D eigenvalue weighted by Crippen LogP contribution is 2.42. The Kier molecular flexibility index (Phi) is 6.39. The van der Waals surface area contributed by atoms with Gasteiger partial charge in [-0.3, -0.25) is 5.21 Å². The van der Waals surface area contributed by atoms with Gasteiger partial charge in [0.05, 0.1) is 11.0 Å². The summed E-state index contributed by atoms with van der Waals surface area (Å²) in [6, 6.07) is 9.28. The number of thiocarbonyl (C=S) groups is 1. The Bertz CT molecular complexity index is 705. The summed E-state index contributed by atoms with van der Waals surface area (Å²) in [5, 5.41) is 20.4. The molecular weight excluding hydrogens is 380 g/mol. The Hall–Kier alpha value is -1.64. The molecule has 0 aromatic heterocycles. The highest BCUT2D eigenvalue weighted by atomic mass is 32.2. The van der Waals surface area contributed by atoms with Crippen LogP contribution in [0.15, 0.2) is 35.4 Å². The van der Waals surface area contributed by atoms with E-state index in [1.165, 1.54) is 18.2 Å². The van der Waals surface area contributed by atoms with Gasteiger partial charge in [-0.1, -0.05) is 73.6 Å². The number of hydroxylamine groups is 2. The molecule has 2 fully saturated rings. The third-order valence-electron chi connectivity index (χ3n) is 4.89. The molecule has 1 aromatic carbocycles. The number of thioether (sulfide) groups is 1. The van der Waals surface area contributed by atoms with E-state index in [2.05, 4.69) is 10.4 Å². The van der Waals surface area contributed by atoms with Crippen LogP contribution < -0.4 is 5.32 Å². The summed E-state index contributed by atoms with van der Waals surface area (Å²) in [5.74, 6) is 0. The van der Waals surface area contributed by atoms with Gasteiger partial charge >= 0.3 is 6.03 Å². The molecule has 27 heavy (non-hydrogen) atoms. The van der Waals surface area contributed by atoms with Crippen molar-refractivity contribution in [1.82, 2.24) is 15.4 Å². The van der Waals surface area contributed by atoms with Crippen LogP contribution in [0.1, 0.15) is 51.5 Å². The van der Waals surface area contributed by atoms with E-state index < -0.39 is 16.9 Å². The smallest absolute Gasteiger partial charge is 0.333 e. The number of nitrogens with zero attached hydrogens (tertiary/aromatic N) is 3. The lowest BCUT2D eigenvalue weighted by Gasteiger charge is -2.35. The number of amides is 2. The SMILES string of the molecule is CC1(C)SC(=S)N(/N=C\c2ccccc2)[C@@H]1N(O)C(=O)NC1CCCCC1. The fourth-order valence-corrected chi connectivity index (χ4v) is 5.28. The van der Waals surface area contributed by atoms with Crippen LogP contribution >= 0.6 is 24.0 Å². The Balaban J connectivity index is 1.75. The van der Waals surface area contributed by atoms with E-state index in [1.54, 1.807) is 11.2 Å². The lowest BCUT2D eigenvalue weighted by Crippen LogP contribution is -2.57. The number of urea groups is 1. The quantitative estimate of drug-likeness (QED) is 0.340. The molecule has 1 heterocycles. The van der Waals surface area contributed by atoms with E-state index in [9.17, 15) is 10.0 Å².